The van der Waals surface area contributed by atoms with E-state index in [1.807, 2.05) is 0 Å². The van der Waals surface area contributed by atoms with Crippen molar-refractivity contribution in [1.29, 1.82) is 0 Å². The lowest BCUT2D eigenvalue weighted by Gasteiger charge is -2.21. The maximum absolute atomic E-state index is 5.08. The fraction of sp³-hybridized carbons (Fsp3) is 0.846. The van der Waals surface area contributed by atoms with Crippen LogP contribution in [0.2, 0.25) is 0 Å². The Balaban J connectivity index is 1.64. The van der Waals surface area contributed by atoms with Crippen LogP contribution in [0.4, 0.5) is 0 Å². The Kier molecular flexibility index (Phi) is 3.81. The fourth-order valence-electron chi connectivity index (χ4n) is 2.88. The molecule has 0 aromatic rings. The van der Waals surface area contributed by atoms with Crippen molar-refractivity contribution in [2.45, 2.75) is 32.2 Å². The molecule has 0 aromatic carbocycles. The van der Waals surface area contributed by atoms with Gasteiger partial charge in [-0.1, -0.05) is 12.2 Å². The van der Waals surface area contributed by atoms with Gasteiger partial charge in [-0.05, 0) is 50.5 Å². The van der Waals surface area contributed by atoms with Gasteiger partial charge in [0.25, 0.3) is 0 Å². The fourth-order valence-corrected chi connectivity index (χ4v) is 2.88. The molecule has 4 atom stereocenters. The van der Waals surface area contributed by atoms with E-state index in [2.05, 4.69) is 24.4 Å². The second-order valence-corrected chi connectivity index (χ2v) is 5.13. The molecule has 1 N–H and O–H groups in total. The van der Waals surface area contributed by atoms with Gasteiger partial charge in [-0.3, -0.25) is 0 Å². The summed E-state index contributed by atoms with van der Waals surface area (Å²) in [7, 11) is 1.77. The monoisotopic (exact) mass is 209 g/mol. The summed E-state index contributed by atoms with van der Waals surface area (Å²) in [6.45, 7) is 4.31. The minimum atomic E-state index is 0.591. The predicted molar refractivity (Wildman–Crippen MR) is 62.8 cm³/mol. The van der Waals surface area contributed by atoms with Crippen LogP contribution in [-0.2, 0) is 4.74 Å². The lowest BCUT2D eigenvalue weighted by molar-refractivity contribution is 0.183. The van der Waals surface area contributed by atoms with Crippen molar-refractivity contribution in [2.75, 3.05) is 20.3 Å². The van der Waals surface area contributed by atoms with Crippen LogP contribution in [0, 0.1) is 17.8 Å². The molecule has 2 rings (SSSR count). The predicted octanol–water partition coefficient (Wildman–Crippen LogP) is 2.21. The van der Waals surface area contributed by atoms with Gasteiger partial charge in [0, 0.05) is 19.8 Å². The van der Waals surface area contributed by atoms with Crippen LogP contribution in [0.5, 0.6) is 0 Å². The average molecular weight is 209 g/mol. The van der Waals surface area contributed by atoms with Crippen LogP contribution in [-0.4, -0.2) is 26.3 Å². The minimum Gasteiger partial charge on any atom is -0.385 e. The normalized spacial score (nSPS) is 34.9. The summed E-state index contributed by atoms with van der Waals surface area (Å²) in [5.41, 5.74) is 0. The molecule has 2 heteroatoms. The van der Waals surface area contributed by atoms with E-state index in [1.165, 1.54) is 19.4 Å². The maximum Gasteiger partial charge on any atom is 0.0476 e. The Labute approximate surface area is 93.1 Å². The topological polar surface area (TPSA) is 21.3 Å². The number of rotatable bonds is 6. The molecule has 0 aliphatic heterocycles. The molecule has 15 heavy (non-hydrogen) atoms. The van der Waals surface area contributed by atoms with Gasteiger partial charge in [-0.15, -0.1) is 0 Å². The Bertz CT molecular complexity index is 227. The molecular weight excluding hydrogens is 186 g/mol. The van der Waals surface area contributed by atoms with E-state index in [-0.39, 0.29) is 0 Å². The van der Waals surface area contributed by atoms with E-state index in [0.717, 1.165) is 30.8 Å². The zero-order valence-electron chi connectivity index (χ0n) is 9.91. The third kappa shape index (κ3) is 2.82. The lowest BCUT2D eigenvalue weighted by atomic mass is 9.93. The molecule has 4 unspecified atom stereocenters. The maximum atomic E-state index is 5.08. The summed E-state index contributed by atoms with van der Waals surface area (Å²) in [4.78, 5) is 0. The molecule has 0 radical (unpaired) electrons. The number of allylic oxidation sites excluding steroid dienone is 2. The quantitative estimate of drug-likeness (QED) is 0.677. The average Bonchev–Trinajstić information content (AvgIpc) is 2.84. The molecule has 2 nitrogen and oxygen atoms in total. The Morgan fingerprint density at radius 3 is 2.87 bits per heavy atom. The van der Waals surface area contributed by atoms with Crippen LogP contribution in [0.25, 0.3) is 0 Å². The van der Waals surface area contributed by atoms with Crippen LogP contribution in [0.3, 0.4) is 0 Å². The van der Waals surface area contributed by atoms with Gasteiger partial charge in [-0.25, -0.2) is 0 Å². The standard InChI is InChI=1S/C13H23NO/c1-10(5-6-15-2)14-9-13-8-11-3-4-12(13)7-11/h3-4,10-14H,5-9H2,1-2H3. The van der Waals surface area contributed by atoms with E-state index >= 15 is 0 Å². The number of nitrogens with one attached hydrogen (secondary N) is 1. The van der Waals surface area contributed by atoms with Crippen molar-refractivity contribution in [3.8, 4) is 0 Å². The molecule has 2 bridgehead atoms. The van der Waals surface area contributed by atoms with Gasteiger partial charge in [0.2, 0.25) is 0 Å². The van der Waals surface area contributed by atoms with Crippen molar-refractivity contribution in [1.82, 2.24) is 5.32 Å². The molecule has 1 saturated carbocycles. The first kappa shape index (κ1) is 11.2. The lowest BCUT2D eigenvalue weighted by Crippen LogP contribution is -2.33. The first-order valence-electron chi connectivity index (χ1n) is 6.20. The minimum absolute atomic E-state index is 0.591. The molecule has 0 amide bonds. The SMILES string of the molecule is COCCC(C)NCC1CC2C=CC1C2. The highest BCUT2D eigenvalue weighted by atomic mass is 16.5. The Morgan fingerprint density at radius 1 is 1.40 bits per heavy atom. The van der Waals surface area contributed by atoms with Crippen LogP contribution < -0.4 is 5.32 Å². The molecule has 86 valence electrons. The molecule has 0 saturated heterocycles. The summed E-state index contributed by atoms with van der Waals surface area (Å²) in [5.74, 6) is 2.67. The second kappa shape index (κ2) is 5.13. The van der Waals surface area contributed by atoms with Crippen molar-refractivity contribution >= 4 is 0 Å². The number of ether oxygens (including phenoxy) is 1. The molecule has 2 aliphatic carbocycles. The van der Waals surface area contributed by atoms with Crippen molar-refractivity contribution in [3.05, 3.63) is 12.2 Å². The van der Waals surface area contributed by atoms with Gasteiger partial charge >= 0.3 is 0 Å². The van der Waals surface area contributed by atoms with Crippen molar-refractivity contribution in [2.24, 2.45) is 17.8 Å². The number of hydrogen-bond acceptors (Lipinski definition) is 2. The van der Waals surface area contributed by atoms with E-state index in [0.29, 0.717) is 6.04 Å². The smallest absolute Gasteiger partial charge is 0.0476 e. The van der Waals surface area contributed by atoms with Gasteiger partial charge < -0.3 is 10.1 Å². The second-order valence-electron chi connectivity index (χ2n) is 5.13. The van der Waals surface area contributed by atoms with Crippen LogP contribution in [0.1, 0.15) is 26.2 Å². The van der Waals surface area contributed by atoms with E-state index < -0.39 is 0 Å². The van der Waals surface area contributed by atoms with Gasteiger partial charge in [-0.2, -0.15) is 0 Å². The third-order valence-corrected chi connectivity index (χ3v) is 3.90. The Hall–Kier alpha value is -0.340. The van der Waals surface area contributed by atoms with Gasteiger partial charge in [0.15, 0.2) is 0 Å². The first-order valence-corrected chi connectivity index (χ1v) is 6.20. The molecule has 1 fully saturated rings. The number of methoxy groups -OCH3 is 1. The summed E-state index contributed by atoms with van der Waals surface area (Å²) < 4.78 is 5.08. The first-order chi connectivity index (χ1) is 7.29. The van der Waals surface area contributed by atoms with Gasteiger partial charge in [0.1, 0.15) is 0 Å². The summed E-state index contributed by atoms with van der Waals surface area (Å²) in [5, 5.41) is 3.63. The zero-order valence-corrected chi connectivity index (χ0v) is 9.91. The van der Waals surface area contributed by atoms with E-state index in [1.54, 1.807) is 7.11 Å². The van der Waals surface area contributed by atoms with Crippen LogP contribution in [0.15, 0.2) is 12.2 Å². The highest BCUT2D eigenvalue weighted by Gasteiger charge is 2.35. The summed E-state index contributed by atoms with van der Waals surface area (Å²) in [6.07, 6.45) is 8.78. The van der Waals surface area contributed by atoms with Crippen molar-refractivity contribution < 1.29 is 4.74 Å². The number of fused-ring (bicyclic) bond motifs is 2. The van der Waals surface area contributed by atoms with Crippen LogP contribution >= 0.6 is 0 Å². The molecular formula is C13H23NO. The Morgan fingerprint density at radius 2 is 2.27 bits per heavy atom. The molecule has 2 aliphatic rings. The van der Waals surface area contributed by atoms with E-state index in [4.69, 9.17) is 4.74 Å². The molecule has 0 aromatic heterocycles. The van der Waals surface area contributed by atoms with Crippen molar-refractivity contribution in [3.63, 3.8) is 0 Å². The highest BCUT2D eigenvalue weighted by Crippen LogP contribution is 2.42. The summed E-state index contributed by atoms with van der Waals surface area (Å²) in [6, 6.07) is 0.591. The number of hydrogen-bond donors (Lipinski definition) is 1. The van der Waals surface area contributed by atoms with E-state index in [9.17, 15) is 0 Å². The van der Waals surface area contributed by atoms with Gasteiger partial charge in [0.05, 0.1) is 0 Å². The molecule has 0 heterocycles. The largest absolute Gasteiger partial charge is 0.385 e. The zero-order chi connectivity index (χ0) is 10.7. The third-order valence-electron chi connectivity index (χ3n) is 3.90. The summed E-state index contributed by atoms with van der Waals surface area (Å²) >= 11 is 0. The highest BCUT2D eigenvalue weighted by molar-refractivity contribution is 5.10. The molecule has 0 spiro atoms.